The third-order valence-electron chi connectivity index (χ3n) is 2.58. The third-order valence-corrected chi connectivity index (χ3v) is 2.58. The highest BCUT2D eigenvalue weighted by molar-refractivity contribution is 5.94. The van der Waals surface area contributed by atoms with E-state index < -0.39 is 10.8 Å². The lowest BCUT2D eigenvalue weighted by atomic mass is 10.2. The lowest BCUT2D eigenvalue weighted by Gasteiger charge is -2.11. The van der Waals surface area contributed by atoms with Crippen LogP contribution in [0.2, 0.25) is 0 Å². The van der Waals surface area contributed by atoms with E-state index in [0.717, 1.165) is 0 Å². The Morgan fingerprint density at radius 3 is 2.78 bits per heavy atom. The molecule has 0 aliphatic carbocycles. The first-order chi connectivity index (χ1) is 8.53. The molecule has 1 aromatic heterocycles. The highest BCUT2D eigenvalue weighted by Gasteiger charge is 2.19. The number of hydrogen-bond donors (Lipinski definition) is 1. The van der Waals surface area contributed by atoms with Gasteiger partial charge in [-0.1, -0.05) is 12.8 Å². The second-order valence-corrected chi connectivity index (χ2v) is 3.73. The summed E-state index contributed by atoms with van der Waals surface area (Å²) in [5.74, 6) is 2.05. The van der Waals surface area contributed by atoms with Gasteiger partial charge in [0.15, 0.2) is 0 Å². The van der Waals surface area contributed by atoms with Gasteiger partial charge in [0, 0.05) is 12.6 Å². The summed E-state index contributed by atoms with van der Waals surface area (Å²) >= 11 is 0. The van der Waals surface area contributed by atoms with Crippen LogP contribution in [0.15, 0.2) is 12.3 Å². The summed E-state index contributed by atoms with van der Waals surface area (Å²) in [4.78, 5) is 22.1. The van der Waals surface area contributed by atoms with Crippen molar-refractivity contribution in [3.05, 3.63) is 28.1 Å². The van der Waals surface area contributed by atoms with Gasteiger partial charge in [-0.15, -0.1) is 6.42 Å². The van der Waals surface area contributed by atoms with Crippen LogP contribution in [-0.2, 0) is 6.54 Å². The van der Waals surface area contributed by atoms with E-state index >= 15 is 0 Å². The van der Waals surface area contributed by atoms with Gasteiger partial charge >= 0.3 is 0 Å². The van der Waals surface area contributed by atoms with Crippen LogP contribution < -0.4 is 5.32 Å². The van der Waals surface area contributed by atoms with E-state index in [1.165, 1.54) is 16.8 Å². The third kappa shape index (κ3) is 2.88. The van der Waals surface area contributed by atoms with Crippen molar-refractivity contribution >= 4 is 11.6 Å². The Labute approximate surface area is 105 Å². The van der Waals surface area contributed by atoms with Gasteiger partial charge in [0.1, 0.15) is 5.69 Å². The molecule has 1 amide bonds. The maximum absolute atomic E-state index is 11.9. The van der Waals surface area contributed by atoms with Crippen molar-refractivity contribution in [2.75, 3.05) is 0 Å². The van der Waals surface area contributed by atoms with Gasteiger partial charge in [0.25, 0.3) is 11.6 Å². The minimum Gasteiger partial charge on any atom is -0.337 e. The number of aryl methyl sites for hydroxylation is 1. The SMILES string of the molecule is C#CC(CC)NC(=O)c1cc([N+](=O)[O-])cn1CC. The topological polar surface area (TPSA) is 77.2 Å². The fraction of sp³-hybridized carbons (Fsp3) is 0.417. The fourth-order valence-corrected chi connectivity index (χ4v) is 1.54. The van der Waals surface area contributed by atoms with Gasteiger partial charge in [0.05, 0.1) is 17.2 Å². The molecule has 1 atom stereocenters. The van der Waals surface area contributed by atoms with Crippen molar-refractivity contribution in [1.82, 2.24) is 9.88 Å². The molecule has 0 saturated heterocycles. The van der Waals surface area contributed by atoms with Crippen LogP contribution >= 0.6 is 0 Å². The summed E-state index contributed by atoms with van der Waals surface area (Å²) in [6, 6.07) is 0.888. The molecule has 6 heteroatoms. The number of nitro groups is 1. The number of hydrogen-bond acceptors (Lipinski definition) is 3. The smallest absolute Gasteiger partial charge is 0.287 e. The highest BCUT2D eigenvalue weighted by atomic mass is 16.6. The van der Waals surface area contributed by atoms with Crippen LogP contribution in [-0.4, -0.2) is 21.4 Å². The zero-order chi connectivity index (χ0) is 13.7. The van der Waals surface area contributed by atoms with Crippen molar-refractivity contribution in [1.29, 1.82) is 0 Å². The summed E-state index contributed by atoms with van der Waals surface area (Å²) in [7, 11) is 0. The Morgan fingerprint density at radius 2 is 2.33 bits per heavy atom. The highest BCUT2D eigenvalue weighted by Crippen LogP contribution is 2.16. The Hall–Kier alpha value is -2.29. The molecule has 0 aromatic carbocycles. The molecule has 0 spiro atoms. The van der Waals surface area contributed by atoms with Crippen molar-refractivity contribution in [2.24, 2.45) is 0 Å². The normalized spacial score (nSPS) is 11.6. The number of terminal acetylenes is 1. The maximum Gasteiger partial charge on any atom is 0.287 e. The van der Waals surface area contributed by atoms with Crippen LogP contribution in [0.4, 0.5) is 5.69 Å². The van der Waals surface area contributed by atoms with E-state index in [9.17, 15) is 14.9 Å². The number of amides is 1. The van der Waals surface area contributed by atoms with Gasteiger partial charge in [0.2, 0.25) is 0 Å². The standard InChI is InChI=1S/C12H15N3O3/c1-4-9(5-2)13-12(16)11-7-10(15(17)18)8-14(11)6-3/h1,7-9H,5-6H2,2-3H3,(H,13,16). The minimum atomic E-state index is -0.526. The first kappa shape index (κ1) is 13.8. The number of nitrogens with one attached hydrogen (secondary N) is 1. The van der Waals surface area contributed by atoms with Gasteiger partial charge in [-0.25, -0.2) is 0 Å². The maximum atomic E-state index is 11.9. The molecular formula is C12H15N3O3. The van der Waals surface area contributed by atoms with Crippen molar-refractivity contribution in [3.63, 3.8) is 0 Å². The number of nitrogens with zero attached hydrogens (tertiary/aromatic N) is 2. The molecule has 1 unspecified atom stereocenters. The number of carbonyl (C=O) groups is 1. The predicted octanol–water partition coefficient (Wildman–Crippen LogP) is 1.56. The van der Waals surface area contributed by atoms with Gasteiger partial charge in [-0.05, 0) is 13.3 Å². The molecule has 0 fully saturated rings. The van der Waals surface area contributed by atoms with Gasteiger partial charge in [-0.3, -0.25) is 14.9 Å². The van der Waals surface area contributed by atoms with Crippen LogP contribution in [0.25, 0.3) is 0 Å². The summed E-state index contributed by atoms with van der Waals surface area (Å²) in [5, 5.41) is 13.3. The molecule has 0 aliphatic rings. The number of aromatic nitrogens is 1. The zero-order valence-corrected chi connectivity index (χ0v) is 10.3. The zero-order valence-electron chi connectivity index (χ0n) is 10.3. The molecule has 6 nitrogen and oxygen atoms in total. The van der Waals surface area contributed by atoms with Gasteiger partial charge < -0.3 is 9.88 Å². The van der Waals surface area contributed by atoms with Crippen molar-refractivity contribution in [3.8, 4) is 12.3 Å². The van der Waals surface area contributed by atoms with E-state index in [4.69, 9.17) is 6.42 Å². The van der Waals surface area contributed by atoms with E-state index in [1.54, 1.807) is 6.92 Å². The largest absolute Gasteiger partial charge is 0.337 e. The molecular weight excluding hydrogens is 234 g/mol. The predicted molar refractivity (Wildman–Crippen MR) is 67.1 cm³/mol. The second kappa shape index (κ2) is 5.87. The summed E-state index contributed by atoms with van der Waals surface area (Å²) < 4.78 is 1.52. The molecule has 0 bridgehead atoms. The monoisotopic (exact) mass is 249 g/mol. The van der Waals surface area contributed by atoms with E-state index in [1.807, 2.05) is 6.92 Å². The molecule has 1 aromatic rings. The van der Waals surface area contributed by atoms with Gasteiger partial charge in [-0.2, -0.15) is 0 Å². The van der Waals surface area contributed by atoms with Crippen molar-refractivity contribution < 1.29 is 9.72 Å². The Balaban J connectivity index is 2.98. The molecule has 96 valence electrons. The Kier molecular flexibility index (Phi) is 4.49. The number of rotatable bonds is 5. The number of carbonyl (C=O) groups excluding carboxylic acids is 1. The Morgan fingerprint density at radius 1 is 1.67 bits per heavy atom. The summed E-state index contributed by atoms with van der Waals surface area (Å²) in [5.41, 5.74) is 0.147. The first-order valence-electron chi connectivity index (χ1n) is 5.65. The molecule has 1 N–H and O–H groups in total. The first-order valence-corrected chi connectivity index (χ1v) is 5.65. The molecule has 0 saturated carbocycles. The molecule has 0 radical (unpaired) electrons. The van der Waals surface area contributed by atoms with E-state index in [0.29, 0.717) is 13.0 Å². The summed E-state index contributed by atoms with van der Waals surface area (Å²) in [6.07, 6.45) is 7.20. The molecule has 0 aliphatic heterocycles. The molecule has 1 rings (SSSR count). The van der Waals surface area contributed by atoms with Crippen LogP contribution in [0.3, 0.4) is 0 Å². The molecule has 1 heterocycles. The second-order valence-electron chi connectivity index (χ2n) is 3.73. The summed E-state index contributed by atoms with van der Waals surface area (Å²) in [6.45, 7) is 4.13. The lowest BCUT2D eigenvalue weighted by Crippen LogP contribution is -2.34. The molecule has 18 heavy (non-hydrogen) atoms. The van der Waals surface area contributed by atoms with Crippen LogP contribution in [0, 0.1) is 22.5 Å². The van der Waals surface area contributed by atoms with Crippen LogP contribution in [0.1, 0.15) is 30.8 Å². The quantitative estimate of drug-likeness (QED) is 0.488. The fourth-order valence-electron chi connectivity index (χ4n) is 1.54. The van der Waals surface area contributed by atoms with Crippen LogP contribution in [0.5, 0.6) is 0 Å². The van der Waals surface area contributed by atoms with Crippen molar-refractivity contribution in [2.45, 2.75) is 32.9 Å². The van der Waals surface area contributed by atoms with E-state index in [-0.39, 0.29) is 17.4 Å². The lowest BCUT2D eigenvalue weighted by molar-refractivity contribution is -0.384. The van der Waals surface area contributed by atoms with E-state index in [2.05, 4.69) is 11.2 Å². The Bertz CT molecular complexity index is 499. The minimum absolute atomic E-state index is 0.101. The average molecular weight is 249 g/mol. The average Bonchev–Trinajstić information content (AvgIpc) is 2.79.